The molecule has 2 fully saturated rings. The maximum atomic E-state index is 12.8. The molecule has 3 unspecified atom stereocenters. The highest BCUT2D eigenvalue weighted by molar-refractivity contribution is 6.04. The van der Waals surface area contributed by atoms with Crippen molar-refractivity contribution in [3.63, 3.8) is 0 Å². The van der Waals surface area contributed by atoms with E-state index in [1.807, 2.05) is 18.2 Å². The third-order valence-corrected chi connectivity index (χ3v) is 7.70. The van der Waals surface area contributed by atoms with Gasteiger partial charge in [0.25, 0.3) is 5.91 Å². The zero-order valence-corrected chi connectivity index (χ0v) is 17.4. The van der Waals surface area contributed by atoms with E-state index < -0.39 is 0 Å². The monoisotopic (exact) mass is 390 g/mol. The van der Waals surface area contributed by atoms with Gasteiger partial charge in [-0.3, -0.25) is 4.79 Å². The van der Waals surface area contributed by atoms with Crippen LogP contribution >= 0.6 is 0 Å². The van der Waals surface area contributed by atoms with Gasteiger partial charge in [0.15, 0.2) is 0 Å². The predicted octanol–water partition coefficient (Wildman–Crippen LogP) is 4.64. The number of ether oxygens (including phenoxy) is 1. The number of fused-ring (bicyclic) bond motifs is 1. The van der Waals surface area contributed by atoms with E-state index in [-0.39, 0.29) is 5.91 Å². The molecule has 1 saturated carbocycles. The summed E-state index contributed by atoms with van der Waals surface area (Å²) < 4.78 is 5.26. The highest BCUT2D eigenvalue weighted by Crippen LogP contribution is 2.55. The number of anilines is 1. The topological polar surface area (TPSA) is 41.6 Å². The first-order valence-electron chi connectivity index (χ1n) is 10.9. The average Bonchev–Trinajstić information content (AvgIpc) is 2.76. The molecule has 3 atom stereocenters. The zero-order valence-electron chi connectivity index (χ0n) is 17.4. The summed E-state index contributed by atoms with van der Waals surface area (Å²) in [4.78, 5) is 15.4. The van der Waals surface area contributed by atoms with Gasteiger partial charge in [-0.05, 0) is 86.7 Å². The molecule has 152 valence electrons. The van der Waals surface area contributed by atoms with Crippen LogP contribution in [0.3, 0.4) is 0 Å². The van der Waals surface area contributed by atoms with E-state index in [1.165, 1.54) is 49.8 Å². The standard InChI is InChI=1S/C25H30N2O2/c1-27-13-12-25-11-4-3-8-21(25)23(27)15-17-9-10-19(16-22(17)25)26-24(28)18-6-5-7-20(14-18)29-2/h5-7,9-10,14,16,21,23H,3-4,8,11-13,15H2,1-2H3,(H,26,28). The van der Waals surface area contributed by atoms with Crippen molar-refractivity contribution in [1.29, 1.82) is 0 Å². The number of likely N-dealkylation sites (N-methyl/N-ethyl adjacent to an activating group) is 1. The van der Waals surface area contributed by atoms with Gasteiger partial charge in [0.2, 0.25) is 0 Å². The number of likely N-dealkylation sites (tertiary alicyclic amines) is 1. The fourth-order valence-corrected chi connectivity index (χ4v) is 6.24. The number of nitrogens with one attached hydrogen (secondary N) is 1. The van der Waals surface area contributed by atoms with Crippen molar-refractivity contribution in [2.24, 2.45) is 5.92 Å². The summed E-state index contributed by atoms with van der Waals surface area (Å²) in [5.74, 6) is 1.37. The van der Waals surface area contributed by atoms with Gasteiger partial charge in [0, 0.05) is 22.7 Å². The first-order valence-corrected chi connectivity index (χ1v) is 10.9. The second-order valence-corrected chi connectivity index (χ2v) is 9.07. The Balaban J connectivity index is 1.47. The Morgan fingerprint density at radius 1 is 1.17 bits per heavy atom. The number of methoxy groups -OCH3 is 1. The van der Waals surface area contributed by atoms with Crippen LogP contribution in [0.25, 0.3) is 0 Å². The Labute approximate surface area is 173 Å². The van der Waals surface area contributed by atoms with Crippen LogP contribution in [0.4, 0.5) is 5.69 Å². The number of hydrogen-bond acceptors (Lipinski definition) is 3. The molecule has 1 amide bonds. The number of carbonyl (C=O) groups excluding carboxylic acids is 1. The first-order chi connectivity index (χ1) is 14.1. The largest absolute Gasteiger partial charge is 0.497 e. The highest BCUT2D eigenvalue weighted by atomic mass is 16.5. The third-order valence-electron chi connectivity index (χ3n) is 7.70. The Kier molecular flexibility index (Phi) is 4.62. The minimum atomic E-state index is -0.0846. The van der Waals surface area contributed by atoms with Crippen LogP contribution in [-0.4, -0.2) is 37.6 Å². The molecule has 0 radical (unpaired) electrons. The van der Waals surface area contributed by atoms with Crippen LogP contribution in [-0.2, 0) is 11.8 Å². The highest BCUT2D eigenvalue weighted by Gasteiger charge is 2.53. The molecular formula is C25H30N2O2. The zero-order chi connectivity index (χ0) is 20.0. The second kappa shape index (κ2) is 7.17. The maximum absolute atomic E-state index is 12.8. The minimum Gasteiger partial charge on any atom is -0.497 e. The summed E-state index contributed by atoms with van der Waals surface area (Å²) in [5.41, 5.74) is 4.83. The van der Waals surface area contributed by atoms with E-state index in [9.17, 15) is 4.79 Å². The van der Waals surface area contributed by atoms with Gasteiger partial charge < -0.3 is 15.0 Å². The molecule has 1 heterocycles. The molecule has 4 nitrogen and oxygen atoms in total. The normalized spacial score (nSPS) is 28.2. The lowest BCUT2D eigenvalue weighted by molar-refractivity contribution is 0.00290. The maximum Gasteiger partial charge on any atom is 0.255 e. The van der Waals surface area contributed by atoms with Crippen molar-refractivity contribution < 1.29 is 9.53 Å². The van der Waals surface area contributed by atoms with Crippen molar-refractivity contribution in [2.45, 2.75) is 50.0 Å². The SMILES string of the molecule is COc1cccc(C(=O)Nc2ccc3c(c2)C24CCCCC2C(C3)N(C)CC4)c1. The molecule has 2 aromatic rings. The van der Waals surface area contributed by atoms with Gasteiger partial charge in [0.05, 0.1) is 7.11 Å². The Hall–Kier alpha value is -2.33. The number of piperidine rings is 1. The molecule has 1 N–H and O–H groups in total. The third kappa shape index (κ3) is 3.05. The molecule has 4 heteroatoms. The van der Waals surface area contributed by atoms with Crippen LogP contribution in [0.15, 0.2) is 42.5 Å². The molecule has 2 aliphatic carbocycles. The number of amides is 1. The molecule has 0 aromatic heterocycles. The van der Waals surface area contributed by atoms with E-state index in [0.717, 1.165) is 18.0 Å². The second-order valence-electron chi connectivity index (χ2n) is 9.07. The minimum absolute atomic E-state index is 0.0846. The van der Waals surface area contributed by atoms with E-state index in [2.05, 4.69) is 35.5 Å². The smallest absolute Gasteiger partial charge is 0.255 e. The number of rotatable bonds is 3. The molecule has 5 rings (SSSR count). The quantitative estimate of drug-likeness (QED) is 0.830. The number of benzene rings is 2. The summed E-state index contributed by atoms with van der Waals surface area (Å²) in [6.45, 7) is 1.18. The molecule has 29 heavy (non-hydrogen) atoms. The lowest BCUT2D eigenvalue weighted by Crippen LogP contribution is -2.59. The van der Waals surface area contributed by atoms with Crippen molar-refractivity contribution in [2.75, 3.05) is 26.0 Å². The fourth-order valence-electron chi connectivity index (χ4n) is 6.24. The van der Waals surface area contributed by atoms with Crippen molar-refractivity contribution in [3.8, 4) is 5.75 Å². The Morgan fingerprint density at radius 3 is 2.93 bits per heavy atom. The molecule has 0 spiro atoms. The number of carbonyl (C=O) groups is 1. The number of hydrogen-bond donors (Lipinski definition) is 1. The fraction of sp³-hybridized carbons (Fsp3) is 0.480. The van der Waals surface area contributed by atoms with E-state index in [1.54, 1.807) is 13.2 Å². The lowest BCUT2D eigenvalue weighted by atomic mass is 9.52. The van der Waals surface area contributed by atoms with Gasteiger partial charge in [-0.15, -0.1) is 0 Å². The first kappa shape index (κ1) is 18.7. The summed E-state index contributed by atoms with van der Waals surface area (Å²) in [6, 6.07) is 14.6. The summed E-state index contributed by atoms with van der Waals surface area (Å²) in [6.07, 6.45) is 7.70. The number of nitrogens with zero attached hydrogens (tertiary/aromatic N) is 1. The lowest BCUT2D eigenvalue weighted by Gasteiger charge is -2.58. The molecule has 3 aliphatic rings. The van der Waals surface area contributed by atoms with E-state index >= 15 is 0 Å². The average molecular weight is 391 g/mol. The molecule has 1 aliphatic heterocycles. The van der Waals surface area contributed by atoms with Crippen LogP contribution in [0.5, 0.6) is 5.75 Å². The van der Waals surface area contributed by atoms with Gasteiger partial charge in [-0.2, -0.15) is 0 Å². The summed E-state index contributed by atoms with van der Waals surface area (Å²) in [5, 5.41) is 3.13. The van der Waals surface area contributed by atoms with Crippen molar-refractivity contribution in [1.82, 2.24) is 4.90 Å². The van der Waals surface area contributed by atoms with Crippen molar-refractivity contribution in [3.05, 3.63) is 59.2 Å². The van der Waals surface area contributed by atoms with Gasteiger partial charge in [-0.1, -0.05) is 25.0 Å². The molecule has 2 bridgehead atoms. The summed E-state index contributed by atoms with van der Waals surface area (Å²) >= 11 is 0. The van der Waals surface area contributed by atoms with Crippen LogP contribution in [0, 0.1) is 5.92 Å². The van der Waals surface area contributed by atoms with Gasteiger partial charge in [0.1, 0.15) is 5.75 Å². The van der Waals surface area contributed by atoms with Crippen LogP contribution < -0.4 is 10.1 Å². The van der Waals surface area contributed by atoms with Crippen LogP contribution in [0.1, 0.15) is 53.6 Å². The Bertz CT molecular complexity index is 940. The summed E-state index contributed by atoms with van der Waals surface area (Å²) in [7, 11) is 3.92. The molecule has 1 saturated heterocycles. The predicted molar refractivity (Wildman–Crippen MR) is 116 cm³/mol. The van der Waals surface area contributed by atoms with E-state index in [0.29, 0.717) is 22.8 Å². The molecular weight excluding hydrogens is 360 g/mol. The van der Waals surface area contributed by atoms with E-state index in [4.69, 9.17) is 4.74 Å². The Morgan fingerprint density at radius 2 is 2.07 bits per heavy atom. The van der Waals surface area contributed by atoms with Crippen molar-refractivity contribution >= 4 is 11.6 Å². The van der Waals surface area contributed by atoms with Gasteiger partial charge in [-0.25, -0.2) is 0 Å². The van der Waals surface area contributed by atoms with Gasteiger partial charge >= 0.3 is 0 Å². The molecule has 2 aromatic carbocycles. The van der Waals surface area contributed by atoms with Crippen LogP contribution in [0.2, 0.25) is 0 Å².